The minimum Gasteiger partial charge on any atom is -0.494 e. The predicted octanol–water partition coefficient (Wildman–Crippen LogP) is 2.73. The lowest BCUT2D eigenvalue weighted by molar-refractivity contribution is -0.384. The van der Waals surface area contributed by atoms with E-state index >= 15 is 0 Å². The fourth-order valence-corrected chi connectivity index (χ4v) is 3.08. The highest BCUT2D eigenvalue weighted by Gasteiger charge is 2.21. The van der Waals surface area contributed by atoms with Gasteiger partial charge in [-0.3, -0.25) is 14.9 Å². The molecule has 166 valence electrons. The van der Waals surface area contributed by atoms with Gasteiger partial charge >= 0.3 is 6.09 Å². The summed E-state index contributed by atoms with van der Waals surface area (Å²) in [7, 11) is 1.39. The number of rotatable bonds is 8. The van der Waals surface area contributed by atoms with Gasteiger partial charge in [0.1, 0.15) is 5.75 Å². The monoisotopic (exact) mass is 422 g/mol. The summed E-state index contributed by atoms with van der Waals surface area (Å²) in [4.78, 5) is 38.7. The van der Waals surface area contributed by atoms with Crippen molar-refractivity contribution in [2.75, 3.05) is 51.8 Å². The number of nitrogens with zero attached hydrogens (tertiary/aromatic N) is 3. The van der Waals surface area contributed by atoms with E-state index in [0.29, 0.717) is 44.4 Å². The van der Waals surface area contributed by atoms with Gasteiger partial charge in [0.2, 0.25) is 5.91 Å². The number of benzene rings is 1. The first-order chi connectivity index (χ1) is 14.3. The van der Waals surface area contributed by atoms with Gasteiger partial charge in [0.25, 0.3) is 5.69 Å². The van der Waals surface area contributed by atoms with E-state index in [9.17, 15) is 19.7 Å². The highest BCUT2D eigenvalue weighted by molar-refractivity contribution is 5.92. The van der Waals surface area contributed by atoms with Crippen LogP contribution in [0, 0.1) is 16.0 Å². The average Bonchev–Trinajstić information content (AvgIpc) is 2.96. The SMILES string of the molecule is COc1cc([N+](=O)[O-])ccc1NC(=O)CCN1CCCN(C(=O)OCC(C)C)CC1. The zero-order valence-electron chi connectivity index (χ0n) is 17.8. The van der Waals surface area contributed by atoms with E-state index in [4.69, 9.17) is 9.47 Å². The lowest BCUT2D eigenvalue weighted by Crippen LogP contribution is -2.36. The van der Waals surface area contributed by atoms with Crippen LogP contribution in [0.5, 0.6) is 5.75 Å². The molecule has 10 heteroatoms. The lowest BCUT2D eigenvalue weighted by atomic mass is 10.2. The first-order valence-electron chi connectivity index (χ1n) is 10.1. The largest absolute Gasteiger partial charge is 0.494 e. The van der Waals surface area contributed by atoms with Crippen LogP contribution >= 0.6 is 0 Å². The first-order valence-corrected chi connectivity index (χ1v) is 10.1. The van der Waals surface area contributed by atoms with E-state index in [0.717, 1.165) is 13.0 Å². The summed E-state index contributed by atoms with van der Waals surface area (Å²) in [5.41, 5.74) is 0.286. The van der Waals surface area contributed by atoms with Crippen LogP contribution in [0.15, 0.2) is 18.2 Å². The summed E-state index contributed by atoms with van der Waals surface area (Å²) in [6.07, 6.45) is 0.792. The number of hydrogen-bond acceptors (Lipinski definition) is 7. The molecule has 2 rings (SSSR count). The molecule has 1 fully saturated rings. The smallest absolute Gasteiger partial charge is 0.409 e. The number of anilines is 1. The molecule has 1 N–H and O–H groups in total. The first kappa shape index (κ1) is 23.4. The average molecular weight is 422 g/mol. The van der Waals surface area contributed by atoms with Gasteiger partial charge in [0.15, 0.2) is 0 Å². The van der Waals surface area contributed by atoms with Gasteiger partial charge < -0.3 is 24.6 Å². The molecule has 0 saturated carbocycles. The molecule has 0 aliphatic carbocycles. The van der Waals surface area contributed by atoms with Crippen molar-refractivity contribution in [1.82, 2.24) is 9.80 Å². The molecule has 0 radical (unpaired) electrons. The summed E-state index contributed by atoms with van der Waals surface area (Å²) in [6.45, 7) is 7.62. The molecule has 10 nitrogen and oxygen atoms in total. The molecule has 0 bridgehead atoms. The molecule has 1 aromatic rings. The molecule has 2 amide bonds. The Balaban J connectivity index is 1.81. The van der Waals surface area contributed by atoms with E-state index in [1.165, 1.54) is 25.3 Å². The number of amides is 2. The molecule has 1 aliphatic rings. The van der Waals surface area contributed by atoms with Gasteiger partial charge in [0.05, 0.1) is 30.4 Å². The van der Waals surface area contributed by atoms with Crippen molar-refractivity contribution < 1.29 is 24.0 Å². The second-order valence-corrected chi connectivity index (χ2v) is 7.59. The number of carbonyl (C=O) groups excluding carboxylic acids is 2. The van der Waals surface area contributed by atoms with Crippen LogP contribution in [0.2, 0.25) is 0 Å². The summed E-state index contributed by atoms with van der Waals surface area (Å²) in [6, 6.07) is 4.05. The number of nitrogens with one attached hydrogen (secondary N) is 1. The summed E-state index contributed by atoms with van der Waals surface area (Å²) < 4.78 is 10.4. The Morgan fingerprint density at radius 1 is 1.23 bits per heavy atom. The van der Waals surface area contributed by atoms with Crippen LogP contribution in [0.25, 0.3) is 0 Å². The molecule has 30 heavy (non-hydrogen) atoms. The van der Waals surface area contributed by atoms with Crippen LogP contribution in [0.4, 0.5) is 16.2 Å². The highest BCUT2D eigenvalue weighted by atomic mass is 16.6. The standard InChI is InChI=1S/C20H30N4O6/c1-15(2)14-30-20(26)23-9-4-8-22(11-12-23)10-7-19(25)21-17-6-5-16(24(27)28)13-18(17)29-3/h5-6,13,15H,4,7-12,14H2,1-3H3,(H,21,25). The topological polar surface area (TPSA) is 114 Å². The lowest BCUT2D eigenvalue weighted by Gasteiger charge is -2.22. The third kappa shape index (κ3) is 7.18. The van der Waals surface area contributed by atoms with Crippen molar-refractivity contribution in [2.24, 2.45) is 5.92 Å². The maximum atomic E-state index is 12.3. The molecule has 1 aliphatic heterocycles. The minimum atomic E-state index is -0.518. The van der Waals surface area contributed by atoms with Gasteiger partial charge in [-0.1, -0.05) is 13.8 Å². The summed E-state index contributed by atoms with van der Waals surface area (Å²) in [5, 5.41) is 13.6. The maximum Gasteiger partial charge on any atom is 0.409 e. The zero-order chi connectivity index (χ0) is 22.1. The van der Waals surface area contributed by atoms with Crippen molar-refractivity contribution in [3.63, 3.8) is 0 Å². The third-order valence-electron chi connectivity index (χ3n) is 4.71. The molecule has 0 aromatic heterocycles. The minimum absolute atomic E-state index is 0.106. The Hall–Kier alpha value is -2.88. The number of carbonyl (C=O) groups is 2. The summed E-state index contributed by atoms with van der Waals surface area (Å²) >= 11 is 0. The Labute approximate surface area is 176 Å². The van der Waals surface area contributed by atoms with Crippen molar-refractivity contribution in [3.8, 4) is 5.75 Å². The van der Waals surface area contributed by atoms with E-state index < -0.39 is 4.92 Å². The quantitative estimate of drug-likeness (QED) is 0.506. The molecule has 1 aromatic carbocycles. The van der Waals surface area contributed by atoms with Crippen molar-refractivity contribution in [3.05, 3.63) is 28.3 Å². The number of ether oxygens (including phenoxy) is 2. The third-order valence-corrected chi connectivity index (χ3v) is 4.71. The van der Waals surface area contributed by atoms with E-state index in [-0.39, 0.29) is 29.9 Å². The molecule has 1 saturated heterocycles. The number of nitro benzene ring substituents is 1. The van der Waals surface area contributed by atoms with Gasteiger partial charge in [0, 0.05) is 38.7 Å². The molecule has 0 spiro atoms. The molecule has 0 atom stereocenters. The predicted molar refractivity (Wildman–Crippen MR) is 112 cm³/mol. The molecule has 0 unspecified atom stereocenters. The number of non-ortho nitro benzene ring substituents is 1. The van der Waals surface area contributed by atoms with Gasteiger partial charge in [-0.25, -0.2) is 4.79 Å². The van der Waals surface area contributed by atoms with Gasteiger partial charge in [-0.2, -0.15) is 0 Å². The fraction of sp³-hybridized carbons (Fsp3) is 0.600. The molecular weight excluding hydrogens is 392 g/mol. The molecular formula is C20H30N4O6. The van der Waals surface area contributed by atoms with Crippen LogP contribution in [-0.2, 0) is 9.53 Å². The molecule has 1 heterocycles. The Morgan fingerprint density at radius 2 is 2.00 bits per heavy atom. The number of hydrogen-bond donors (Lipinski definition) is 1. The van der Waals surface area contributed by atoms with Crippen LogP contribution < -0.4 is 10.1 Å². The number of nitro groups is 1. The van der Waals surface area contributed by atoms with Gasteiger partial charge in [-0.15, -0.1) is 0 Å². The van der Waals surface area contributed by atoms with Crippen LogP contribution in [0.1, 0.15) is 26.7 Å². The van der Waals surface area contributed by atoms with Crippen molar-refractivity contribution >= 4 is 23.4 Å². The maximum absolute atomic E-state index is 12.3. The second-order valence-electron chi connectivity index (χ2n) is 7.59. The van der Waals surface area contributed by atoms with Crippen LogP contribution in [-0.4, -0.2) is 73.2 Å². The van der Waals surface area contributed by atoms with Gasteiger partial charge in [-0.05, 0) is 24.9 Å². The zero-order valence-corrected chi connectivity index (χ0v) is 17.8. The summed E-state index contributed by atoms with van der Waals surface area (Å²) in [5.74, 6) is 0.327. The van der Waals surface area contributed by atoms with Crippen molar-refractivity contribution in [2.45, 2.75) is 26.7 Å². The Morgan fingerprint density at radius 3 is 2.67 bits per heavy atom. The fourth-order valence-electron chi connectivity index (χ4n) is 3.08. The Kier molecular flexibility index (Phi) is 8.85. The van der Waals surface area contributed by atoms with Crippen molar-refractivity contribution in [1.29, 1.82) is 0 Å². The highest BCUT2D eigenvalue weighted by Crippen LogP contribution is 2.29. The van der Waals surface area contributed by atoms with Crippen LogP contribution in [0.3, 0.4) is 0 Å². The van der Waals surface area contributed by atoms with E-state index in [1.54, 1.807) is 4.90 Å². The van der Waals surface area contributed by atoms with E-state index in [1.807, 2.05) is 13.8 Å². The second kappa shape index (κ2) is 11.3. The Bertz CT molecular complexity index is 755. The number of methoxy groups -OCH3 is 1. The van der Waals surface area contributed by atoms with E-state index in [2.05, 4.69) is 10.2 Å². The normalized spacial score (nSPS) is 14.9.